The molecule has 162 valence electrons. The van der Waals surface area contributed by atoms with Gasteiger partial charge in [-0.25, -0.2) is 0 Å². The van der Waals surface area contributed by atoms with Crippen LogP contribution in [0.4, 0.5) is 0 Å². The van der Waals surface area contributed by atoms with Crippen molar-refractivity contribution in [2.24, 2.45) is 0 Å². The molecule has 2 heterocycles. The first kappa shape index (κ1) is 21.4. The molecule has 0 radical (unpaired) electrons. The molecule has 0 amide bonds. The minimum absolute atomic E-state index is 0.0691. The SMILES string of the molecule is CCC1(c2ccc(-c3ccc(C4(CC)C(C)OC4C)cc3OC)cc2)C(C)OC1C. The third kappa shape index (κ3) is 2.78. The molecule has 0 N–H and O–H groups in total. The molecule has 3 nitrogen and oxygen atoms in total. The van der Waals surface area contributed by atoms with Gasteiger partial charge in [0.25, 0.3) is 0 Å². The van der Waals surface area contributed by atoms with Crippen molar-refractivity contribution in [3.8, 4) is 16.9 Å². The molecule has 0 bridgehead atoms. The standard InChI is InChI=1S/C27H36O3/c1-8-26(17(3)29-18(26)4)22-12-10-21(11-13-22)24-15-14-23(16-25(24)28-7)27(9-2)19(5)30-20(27)6/h10-20H,8-9H2,1-7H3. The molecule has 0 aromatic heterocycles. The van der Waals surface area contributed by atoms with Crippen molar-refractivity contribution in [2.45, 2.75) is 89.6 Å². The Labute approximate surface area is 181 Å². The van der Waals surface area contributed by atoms with Crippen LogP contribution in [0.3, 0.4) is 0 Å². The zero-order valence-corrected chi connectivity index (χ0v) is 19.5. The molecule has 2 aromatic carbocycles. The van der Waals surface area contributed by atoms with E-state index >= 15 is 0 Å². The van der Waals surface area contributed by atoms with Crippen LogP contribution in [-0.2, 0) is 20.3 Å². The second-order valence-electron chi connectivity index (χ2n) is 9.12. The monoisotopic (exact) mass is 408 g/mol. The highest BCUT2D eigenvalue weighted by Gasteiger charge is 2.52. The van der Waals surface area contributed by atoms with Crippen molar-refractivity contribution in [1.29, 1.82) is 0 Å². The predicted molar refractivity (Wildman–Crippen MR) is 122 cm³/mol. The van der Waals surface area contributed by atoms with Crippen LogP contribution in [0.15, 0.2) is 42.5 Å². The van der Waals surface area contributed by atoms with E-state index in [2.05, 4.69) is 84.0 Å². The smallest absolute Gasteiger partial charge is 0.126 e. The lowest BCUT2D eigenvalue weighted by atomic mass is 9.65. The van der Waals surface area contributed by atoms with E-state index in [4.69, 9.17) is 14.2 Å². The highest BCUT2D eigenvalue weighted by atomic mass is 16.5. The third-order valence-corrected chi connectivity index (χ3v) is 8.36. The van der Waals surface area contributed by atoms with Gasteiger partial charge in [0, 0.05) is 16.4 Å². The number of rotatable bonds is 6. The van der Waals surface area contributed by atoms with Crippen LogP contribution >= 0.6 is 0 Å². The summed E-state index contributed by atoms with van der Waals surface area (Å²) in [5.41, 5.74) is 5.19. The van der Waals surface area contributed by atoms with Crippen LogP contribution in [0.2, 0.25) is 0 Å². The second kappa shape index (κ2) is 7.69. The Morgan fingerprint density at radius 1 is 0.733 bits per heavy atom. The van der Waals surface area contributed by atoms with Crippen molar-refractivity contribution in [3.05, 3.63) is 53.6 Å². The molecule has 3 heteroatoms. The predicted octanol–water partition coefficient (Wildman–Crippen LogP) is 6.27. The van der Waals surface area contributed by atoms with Crippen LogP contribution in [0.5, 0.6) is 5.75 Å². The fraction of sp³-hybridized carbons (Fsp3) is 0.556. The summed E-state index contributed by atoms with van der Waals surface area (Å²) in [5.74, 6) is 0.929. The lowest BCUT2D eigenvalue weighted by Crippen LogP contribution is -2.59. The normalized spacial score (nSPS) is 35.4. The van der Waals surface area contributed by atoms with Crippen LogP contribution in [0.25, 0.3) is 11.1 Å². The Hall–Kier alpha value is -1.84. The van der Waals surface area contributed by atoms with Gasteiger partial charge < -0.3 is 14.2 Å². The Kier molecular flexibility index (Phi) is 5.48. The summed E-state index contributed by atoms with van der Waals surface area (Å²) in [6.07, 6.45) is 3.12. The number of hydrogen-bond acceptors (Lipinski definition) is 3. The highest BCUT2D eigenvalue weighted by molar-refractivity contribution is 5.72. The first-order valence-corrected chi connectivity index (χ1v) is 11.5. The zero-order chi connectivity index (χ0) is 21.7. The molecule has 2 saturated heterocycles. The average molecular weight is 409 g/mol. The van der Waals surface area contributed by atoms with Crippen LogP contribution < -0.4 is 4.74 Å². The number of ether oxygens (including phenoxy) is 3. The van der Waals surface area contributed by atoms with Crippen molar-refractivity contribution in [1.82, 2.24) is 0 Å². The van der Waals surface area contributed by atoms with Gasteiger partial charge in [-0.2, -0.15) is 0 Å². The summed E-state index contributed by atoms with van der Waals surface area (Å²) in [6, 6.07) is 15.7. The van der Waals surface area contributed by atoms with Gasteiger partial charge in [-0.15, -0.1) is 0 Å². The first-order chi connectivity index (χ1) is 14.3. The quantitative estimate of drug-likeness (QED) is 0.563. The molecule has 0 aliphatic carbocycles. The molecule has 4 unspecified atom stereocenters. The molecular weight excluding hydrogens is 372 g/mol. The van der Waals surface area contributed by atoms with Crippen molar-refractivity contribution in [3.63, 3.8) is 0 Å². The maximum absolute atomic E-state index is 5.93. The molecule has 30 heavy (non-hydrogen) atoms. The van der Waals surface area contributed by atoms with Crippen molar-refractivity contribution in [2.75, 3.05) is 7.11 Å². The highest BCUT2D eigenvalue weighted by Crippen LogP contribution is 2.49. The fourth-order valence-electron chi connectivity index (χ4n) is 6.29. The van der Waals surface area contributed by atoms with Gasteiger partial charge in [-0.05, 0) is 63.3 Å². The Morgan fingerprint density at radius 3 is 1.63 bits per heavy atom. The zero-order valence-electron chi connectivity index (χ0n) is 19.5. The van der Waals surface area contributed by atoms with E-state index < -0.39 is 0 Å². The average Bonchev–Trinajstić information content (AvgIpc) is 2.75. The molecule has 2 fully saturated rings. The summed E-state index contributed by atoms with van der Waals surface area (Å²) in [4.78, 5) is 0. The Bertz CT molecular complexity index is 885. The minimum atomic E-state index is 0.0691. The van der Waals surface area contributed by atoms with E-state index in [1.165, 1.54) is 16.7 Å². The van der Waals surface area contributed by atoms with Gasteiger partial charge >= 0.3 is 0 Å². The lowest BCUT2D eigenvalue weighted by Gasteiger charge is -2.53. The molecule has 2 aliphatic heterocycles. The molecule has 0 saturated carbocycles. The third-order valence-electron chi connectivity index (χ3n) is 8.36. The maximum atomic E-state index is 5.93. The van der Waals surface area contributed by atoms with E-state index in [9.17, 15) is 0 Å². The van der Waals surface area contributed by atoms with Crippen molar-refractivity contribution >= 4 is 0 Å². The van der Waals surface area contributed by atoms with Crippen molar-refractivity contribution < 1.29 is 14.2 Å². The lowest BCUT2D eigenvalue weighted by molar-refractivity contribution is -0.190. The first-order valence-electron chi connectivity index (χ1n) is 11.5. The van der Waals surface area contributed by atoms with Gasteiger partial charge in [0.15, 0.2) is 0 Å². The van der Waals surface area contributed by atoms with E-state index in [1.54, 1.807) is 7.11 Å². The van der Waals surface area contributed by atoms with E-state index in [0.29, 0.717) is 0 Å². The second-order valence-corrected chi connectivity index (χ2v) is 9.12. The summed E-state index contributed by atoms with van der Waals surface area (Å²) >= 11 is 0. The van der Waals surface area contributed by atoms with Crippen LogP contribution in [-0.4, -0.2) is 31.5 Å². The molecule has 0 spiro atoms. The molecule has 2 aromatic rings. The minimum Gasteiger partial charge on any atom is -0.496 e. The van der Waals surface area contributed by atoms with Crippen LogP contribution in [0, 0.1) is 0 Å². The Morgan fingerprint density at radius 2 is 1.20 bits per heavy atom. The summed E-state index contributed by atoms with van der Waals surface area (Å²) in [7, 11) is 1.76. The number of hydrogen-bond donors (Lipinski definition) is 0. The van der Waals surface area contributed by atoms with Crippen LogP contribution in [0.1, 0.15) is 65.5 Å². The Balaban J connectivity index is 1.68. The largest absolute Gasteiger partial charge is 0.496 e. The van der Waals surface area contributed by atoms with Gasteiger partial charge in [0.05, 0.1) is 31.5 Å². The van der Waals surface area contributed by atoms with E-state index in [1.807, 2.05) is 0 Å². The maximum Gasteiger partial charge on any atom is 0.126 e. The van der Waals surface area contributed by atoms with E-state index in [0.717, 1.165) is 24.2 Å². The van der Waals surface area contributed by atoms with E-state index in [-0.39, 0.29) is 35.2 Å². The summed E-state index contributed by atoms with van der Waals surface area (Å²) in [5, 5.41) is 0. The summed E-state index contributed by atoms with van der Waals surface area (Å²) in [6.45, 7) is 13.3. The van der Waals surface area contributed by atoms with Gasteiger partial charge in [0.1, 0.15) is 5.75 Å². The summed E-state index contributed by atoms with van der Waals surface area (Å²) < 4.78 is 17.7. The van der Waals surface area contributed by atoms with Gasteiger partial charge in [-0.3, -0.25) is 0 Å². The molecular formula is C27H36O3. The number of benzene rings is 2. The van der Waals surface area contributed by atoms with Gasteiger partial charge in [0.2, 0.25) is 0 Å². The van der Waals surface area contributed by atoms with Gasteiger partial charge in [-0.1, -0.05) is 50.2 Å². The molecule has 2 aliphatic rings. The molecule has 4 rings (SSSR count). The topological polar surface area (TPSA) is 27.7 Å². The number of methoxy groups -OCH3 is 1. The molecule has 4 atom stereocenters. The fourth-order valence-corrected chi connectivity index (χ4v) is 6.29.